The number of pyridine rings is 2. The molecule has 6 nitrogen and oxygen atoms in total. The van der Waals surface area contributed by atoms with E-state index in [9.17, 15) is 5.26 Å². The Morgan fingerprint density at radius 3 is 2.67 bits per heavy atom. The van der Waals surface area contributed by atoms with Crippen molar-refractivity contribution < 1.29 is 0 Å². The molecule has 1 unspecified atom stereocenters. The van der Waals surface area contributed by atoms with Crippen molar-refractivity contribution in [1.29, 1.82) is 5.26 Å². The van der Waals surface area contributed by atoms with Crippen molar-refractivity contribution in [3.63, 3.8) is 0 Å². The first-order valence-electron chi connectivity index (χ1n) is 11.2. The summed E-state index contributed by atoms with van der Waals surface area (Å²) in [4.78, 5) is 17.3. The van der Waals surface area contributed by atoms with Crippen molar-refractivity contribution in [2.75, 3.05) is 33.2 Å². The molecule has 33 heavy (non-hydrogen) atoms. The Labute approximate surface area is 201 Å². The Bertz CT molecular complexity index is 1310. The standard InChI is InChI=1S/C26H27AsN6/c1-18-21-7-8-30-24(21)6-4-23(18)27-26-20(13-28)15-29-16-22(26)25-5-3-19(14-31-25)17-33-11-9-32(2)10-12-33/h3-8,14-16,27,30H,9-12,17H2,1-2H3. The second-order valence-corrected chi connectivity index (χ2v) is 11.4. The van der Waals surface area contributed by atoms with Gasteiger partial charge in [-0.25, -0.2) is 0 Å². The number of aryl methyl sites for hydroxylation is 1. The molecular weight excluding hydrogens is 471 g/mol. The van der Waals surface area contributed by atoms with Crippen LogP contribution in [0.15, 0.2) is 55.1 Å². The van der Waals surface area contributed by atoms with Gasteiger partial charge in [-0.2, -0.15) is 0 Å². The molecule has 1 aliphatic rings. The van der Waals surface area contributed by atoms with Gasteiger partial charge in [0.1, 0.15) is 0 Å². The van der Waals surface area contributed by atoms with Gasteiger partial charge in [0.15, 0.2) is 0 Å². The number of rotatable bonds is 5. The number of hydrogen-bond acceptors (Lipinski definition) is 5. The Morgan fingerprint density at radius 2 is 1.91 bits per heavy atom. The zero-order chi connectivity index (χ0) is 22.8. The molecule has 0 bridgehead atoms. The number of aromatic nitrogens is 3. The quantitative estimate of drug-likeness (QED) is 0.426. The van der Waals surface area contributed by atoms with Gasteiger partial charge in [0.05, 0.1) is 0 Å². The van der Waals surface area contributed by atoms with E-state index in [1.807, 2.05) is 18.6 Å². The molecule has 1 aliphatic heterocycles. The van der Waals surface area contributed by atoms with Crippen molar-refractivity contribution in [1.82, 2.24) is 24.8 Å². The summed E-state index contributed by atoms with van der Waals surface area (Å²) in [5, 5.41) is 11.1. The number of aromatic amines is 1. The van der Waals surface area contributed by atoms with E-state index >= 15 is 0 Å². The molecular formula is C26H27AsN6. The molecule has 1 saturated heterocycles. The summed E-state index contributed by atoms with van der Waals surface area (Å²) < 4.78 is 2.43. The molecule has 0 aliphatic carbocycles. The fourth-order valence-electron chi connectivity index (χ4n) is 4.37. The van der Waals surface area contributed by atoms with E-state index in [1.165, 1.54) is 20.9 Å². The van der Waals surface area contributed by atoms with E-state index in [-0.39, 0.29) is 0 Å². The molecule has 4 aromatic rings. The molecule has 0 radical (unpaired) electrons. The van der Waals surface area contributed by atoms with Gasteiger partial charge in [0.25, 0.3) is 0 Å². The number of piperazine rings is 1. The third-order valence-electron chi connectivity index (χ3n) is 6.43. The number of H-pyrrole nitrogens is 1. The predicted octanol–water partition coefficient (Wildman–Crippen LogP) is 1.94. The topological polar surface area (TPSA) is 71.8 Å². The summed E-state index contributed by atoms with van der Waals surface area (Å²) in [6.07, 6.45) is 7.52. The van der Waals surface area contributed by atoms with Gasteiger partial charge in [0, 0.05) is 0 Å². The van der Waals surface area contributed by atoms with Crippen LogP contribution < -0.4 is 8.70 Å². The summed E-state index contributed by atoms with van der Waals surface area (Å²) in [7, 11) is 2.18. The number of nitrogens with zero attached hydrogens (tertiary/aromatic N) is 5. The maximum absolute atomic E-state index is 9.82. The molecule has 1 atom stereocenters. The fourth-order valence-corrected chi connectivity index (χ4v) is 7.18. The van der Waals surface area contributed by atoms with Crippen LogP contribution in [-0.2, 0) is 6.54 Å². The van der Waals surface area contributed by atoms with Crippen LogP contribution in [0.4, 0.5) is 0 Å². The third-order valence-corrected chi connectivity index (χ3v) is 9.79. The number of fused-ring (bicyclic) bond motifs is 1. The Kier molecular flexibility index (Phi) is 6.28. The van der Waals surface area contributed by atoms with Gasteiger partial charge in [-0.15, -0.1) is 0 Å². The van der Waals surface area contributed by atoms with Crippen LogP contribution in [0.2, 0.25) is 0 Å². The van der Waals surface area contributed by atoms with Crippen molar-refractivity contribution in [3.8, 4) is 17.3 Å². The normalized spacial score (nSPS) is 15.4. The summed E-state index contributed by atoms with van der Waals surface area (Å²) in [5.74, 6) is 0. The summed E-state index contributed by atoms with van der Waals surface area (Å²) in [6, 6.07) is 13.1. The van der Waals surface area contributed by atoms with Crippen LogP contribution in [0, 0.1) is 18.3 Å². The Morgan fingerprint density at radius 1 is 1.06 bits per heavy atom. The number of nitriles is 1. The molecule has 5 rings (SSSR count). The van der Waals surface area contributed by atoms with E-state index in [0.29, 0.717) is 5.56 Å². The zero-order valence-electron chi connectivity index (χ0n) is 19.0. The van der Waals surface area contributed by atoms with E-state index < -0.39 is 15.8 Å². The maximum atomic E-state index is 9.82. The zero-order valence-corrected chi connectivity index (χ0v) is 21.1. The predicted molar refractivity (Wildman–Crippen MR) is 134 cm³/mol. The SMILES string of the molecule is Cc1c([AsH]c2c(C#N)cncc2-c2ccc(CN3CCN(C)CC3)cn2)ccc2[nH]ccc12. The van der Waals surface area contributed by atoms with E-state index in [4.69, 9.17) is 4.98 Å². The van der Waals surface area contributed by atoms with E-state index in [1.54, 1.807) is 6.20 Å². The molecule has 3 aromatic heterocycles. The van der Waals surface area contributed by atoms with Crippen molar-refractivity contribution in [2.45, 2.75) is 13.5 Å². The van der Waals surface area contributed by atoms with E-state index in [0.717, 1.165) is 53.8 Å². The molecule has 0 saturated carbocycles. The van der Waals surface area contributed by atoms with Crippen LogP contribution in [0.1, 0.15) is 16.7 Å². The van der Waals surface area contributed by atoms with Crippen molar-refractivity contribution >= 4 is 35.4 Å². The second-order valence-electron chi connectivity index (χ2n) is 8.65. The summed E-state index contributed by atoms with van der Waals surface area (Å²) in [6.45, 7) is 7.50. The van der Waals surface area contributed by atoms with Crippen molar-refractivity contribution in [3.05, 3.63) is 71.8 Å². The second kappa shape index (κ2) is 9.49. The van der Waals surface area contributed by atoms with Gasteiger partial charge in [0.2, 0.25) is 0 Å². The first-order chi connectivity index (χ1) is 16.1. The first-order valence-corrected chi connectivity index (χ1v) is 13.3. The van der Waals surface area contributed by atoms with Gasteiger partial charge < -0.3 is 0 Å². The number of hydrogen-bond donors (Lipinski definition) is 1. The van der Waals surface area contributed by atoms with Crippen LogP contribution >= 0.6 is 0 Å². The van der Waals surface area contributed by atoms with Gasteiger partial charge in [-0.05, 0) is 0 Å². The first kappa shape index (κ1) is 21.9. The number of benzene rings is 1. The molecule has 0 amide bonds. The van der Waals surface area contributed by atoms with Crippen LogP contribution in [0.3, 0.4) is 0 Å². The molecule has 1 N–H and O–H groups in total. The van der Waals surface area contributed by atoms with Gasteiger partial charge in [-0.1, -0.05) is 0 Å². The van der Waals surface area contributed by atoms with Crippen molar-refractivity contribution in [2.24, 2.45) is 0 Å². The van der Waals surface area contributed by atoms with Gasteiger partial charge >= 0.3 is 201 Å². The molecule has 1 fully saturated rings. The summed E-state index contributed by atoms with van der Waals surface area (Å²) in [5.41, 5.74) is 6.19. The van der Waals surface area contributed by atoms with Crippen LogP contribution in [0.5, 0.6) is 0 Å². The minimum atomic E-state index is -0.750. The minimum absolute atomic E-state index is 0.657. The van der Waals surface area contributed by atoms with Crippen LogP contribution in [0.25, 0.3) is 22.2 Å². The molecule has 0 spiro atoms. The monoisotopic (exact) mass is 498 g/mol. The molecule has 1 aromatic carbocycles. The molecule has 4 heterocycles. The Hall–Kier alpha value is -2.97. The average molecular weight is 498 g/mol. The Balaban J connectivity index is 1.44. The molecule has 166 valence electrons. The molecule has 7 heteroatoms. The van der Waals surface area contributed by atoms with Crippen LogP contribution in [-0.4, -0.2) is 73.7 Å². The van der Waals surface area contributed by atoms with Gasteiger partial charge in [-0.3, -0.25) is 0 Å². The number of likely N-dealkylation sites (N-methyl/N-ethyl adjacent to an activating group) is 1. The van der Waals surface area contributed by atoms with E-state index in [2.05, 4.69) is 70.1 Å². The average Bonchev–Trinajstić information content (AvgIpc) is 3.33. The number of nitrogens with one attached hydrogen (secondary N) is 1. The third kappa shape index (κ3) is 4.58. The summed E-state index contributed by atoms with van der Waals surface area (Å²) >= 11 is -0.750. The fraction of sp³-hybridized carbons (Fsp3) is 0.269.